The van der Waals surface area contributed by atoms with Gasteiger partial charge < -0.3 is 20.1 Å². The molecule has 0 fully saturated rings. The summed E-state index contributed by atoms with van der Waals surface area (Å²) in [6.07, 6.45) is 0.972. The molecule has 0 aliphatic rings. The number of nitrogens with zero attached hydrogens (tertiary/aromatic N) is 2. The van der Waals surface area contributed by atoms with Crippen LogP contribution in [0.4, 0.5) is 5.69 Å². The molecule has 0 aliphatic heterocycles. The SMILES string of the molecule is CCN(CC)CCCN(Cc1cc2c(C)cc(C)cc2[nH]c1=O)C(=S)Nc1ccc(C)cc1C. The van der Waals surface area contributed by atoms with E-state index in [1.165, 1.54) is 5.56 Å². The highest BCUT2D eigenvalue weighted by Gasteiger charge is 2.15. The highest BCUT2D eigenvalue weighted by molar-refractivity contribution is 7.80. The Hall–Kier alpha value is -2.70. The number of hydrogen-bond acceptors (Lipinski definition) is 3. The van der Waals surface area contributed by atoms with Gasteiger partial charge in [-0.25, -0.2) is 0 Å². The van der Waals surface area contributed by atoms with Crippen LogP contribution in [0.15, 0.2) is 41.2 Å². The molecule has 2 N–H and O–H groups in total. The van der Waals surface area contributed by atoms with E-state index in [2.05, 4.69) is 79.0 Å². The zero-order valence-corrected chi connectivity index (χ0v) is 22.2. The number of anilines is 1. The summed E-state index contributed by atoms with van der Waals surface area (Å²) in [5.74, 6) is 0. The van der Waals surface area contributed by atoms with Crippen molar-refractivity contribution in [1.29, 1.82) is 0 Å². The van der Waals surface area contributed by atoms with Crippen LogP contribution in [0.5, 0.6) is 0 Å². The number of aryl methyl sites for hydroxylation is 4. The average molecular weight is 479 g/mol. The summed E-state index contributed by atoms with van der Waals surface area (Å²) in [4.78, 5) is 20.6. The van der Waals surface area contributed by atoms with Crippen LogP contribution in [0, 0.1) is 27.7 Å². The summed E-state index contributed by atoms with van der Waals surface area (Å²) in [6, 6.07) is 12.5. The van der Waals surface area contributed by atoms with E-state index >= 15 is 0 Å². The number of rotatable bonds is 9. The molecule has 3 rings (SSSR count). The normalized spacial score (nSPS) is 11.3. The third-order valence-corrected chi connectivity index (χ3v) is 6.82. The Morgan fingerprint density at radius 1 is 0.941 bits per heavy atom. The number of thiocarbonyl (C=S) groups is 1. The minimum atomic E-state index is -0.0550. The van der Waals surface area contributed by atoms with Gasteiger partial charge in [-0.15, -0.1) is 0 Å². The predicted octanol–water partition coefficient (Wildman–Crippen LogP) is 5.69. The Labute approximate surface area is 209 Å². The second-order valence-electron chi connectivity index (χ2n) is 9.22. The fourth-order valence-electron chi connectivity index (χ4n) is 4.46. The molecule has 0 saturated heterocycles. The van der Waals surface area contributed by atoms with Crippen molar-refractivity contribution in [2.75, 3.05) is 31.5 Å². The van der Waals surface area contributed by atoms with E-state index in [0.29, 0.717) is 11.7 Å². The number of aromatic amines is 1. The average Bonchev–Trinajstić information content (AvgIpc) is 2.78. The van der Waals surface area contributed by atoms with Gasteiger partial charge in [0.15, 0.2) is 5.11 Å². The van der Waals surface area contributed by atoms with Crippen LogP contribution in [0.3, 0.4) is 0 Å². The van der Waals surface area contributed by atoms with Crippen molar-refractivity contribution >= 4 is 33.9 Å². The quantitative estimate of drug-likeness (QED) is 0.387. The molecule has 3 aromatic rings. The Balaban J connectivity index is 1.87. The van der Waals surface area contributed by atoms with Gasteiger partial charge >= 0.3 is 0 Å². The van der Waals surface area contributed by atoms with E-state index in [-0.39, 0.29) is 5.56 Å². The maximum Gasteiger partial charge on any atom is 0.253 e. The number of pyridine rings is 1. The van der Waals surface area contributed by atoms with Gasteiger partial charge in [0.25, 0.3) is 5.56 Å². The predicted molar refractivity (Wildman–Crippen MR) is 149 cm³/mol. The van der Waals surface area contributed by atoms with Crippen molar-refractivity contribution in [3.8, 4) is 0 Å². The van der Waals surface area contributed by atoms with Crippen molar-refractivity contribution < 1.29 is 0 Å². The zero-order chi connectivity index (χ0) is 24.8. The van der Waals surface area contributed by atoms with Crippen LogP contribution in [-0.2, 0) is 6.54 Å². The third kappa shape index (κ3) is 6.45. The molecule has 0 radical (unpaired) electrons. The maximum absolute atomic E-state index is 13.0. The van der Waals surface area contributed by atoms with E-state index < -0.39 is 0 Å². The lowest BCUT2D eigenvalue weighted by atomic mass is 10.0. The topological polar surface area (TPSA) is 51.4 Å². The van der Waals surface area contributed by atoms with Gasteiger partial charge in [0.05, 0.1) is 6.54 Å². The first-order valence-corrected chi connectivity index (χ1v) is 12.6. The minimum Gasteiger partial charge on any atom is -0.344 e. The van der Waals surface area contributed by atoms with Crippen LogP contribution in [0.25, 0.3) is 10.9 Å². The van der Waals surface area contributed by atoms with E-state index in [4.69, 9.17) is 12.2 Å². The van der Waals surface area contributed by atoms with Crippen molar-refractivity contribution in [3.63, 3.8) is 0 Å². The van der Waals surface area contributed by atoms with Crippen LogP contribution in [0.1, 0.15) is 48.1 Å². The number of benzene rings is 2. The van der Waals surface area contributed by atoms with Gasteiger partial charge in [-0.1, -0.05) is 37.6 Å². The monoisotopic (exact) mass is 478 g/mol. The molecule has 34 heavy (non-hydrogen) atoms. The number of H-pyrrole nitrogens is 1. The van der Waals surface area contributed by atoms with Crippen LogP contribution < -0.4 is 10.9 Å². The first-order valence-electron chi connectivity index (χ1n) is 12.2. The Morgan fingerprint density at radius 2 is 1.65 bits per heavy atom. The van der Waals surface area contributed by atoms with Gasteiger partial charge in [-0.3, -0.25) is 4.79 Å². The van der Waals surface area contributed by atoms with Gasteiger partial charge in [-0.05, 0) is 101 Å². The largest absolute Gasteiger partial charge is 0.344 e. The molecule has 0 unspecified atom stereocenters. The van der Waals surface area contributed by atoms with Crippen molar-refractivity contribution in [3.05, 3.63) is 74.6 Å². The van der Waals surface area contributed by atoms with Crippen LogP contribution >= 0.6 is 12.2 Å². The summed E-state index contributed by atoms with van der Waals surface area (Å²) >= 11 is 5.86. The summed E-state index contributed by atoms with van der Waals surface area (Å²) < 4.78 is 0. The summed E-state index contributed by atoms with van der Waals surface area (Å²) in [5.41, 5.74) is 7.24. The standard InChI is InChI=1S/C28H38N4OS/c1-7-31(8-2)12-9-13-32(28(34)30-25-11-10-19(3)14-22(25)6)18-23-17-24-21(5)15-20(4)16-26(24)29-27(23)33/h10-11,14-17H,7-9,12-13,18H2,1-6H3,(H,29,33)(H,30,34). The van der Waals surface area contributed by atoms with Gasteiger partial charge in [-0.2, -0.15) is 0 Å². The number of fused-ring (bicyclic) bond motifs is 1. The molecule has 0 spiro atoms. The molecular weight excluding hydrogens is 440 g/mol. The molecule has 2 aromatic carbocycles. The Bertz CT molecular complexity index is 1210. The number of aromatic nitrogens is 1. The molecular formula is C28H38N4OS. The molecule has 1 heterocycles. The van der Waals surface area contributed by atoms with Crippen molar-refractivity contribution in [2.24, 2.45) is 0 Å². The van der Waals surface area contributed by atoms with Gasteiger partial charge in [0, 0.05) is 28.7 Å². The lowest BCUT2D eigenvalue weighted by molar-refractivity contribution is 0.281. The van der Waals surface area contributed by atoms with E-state index in [1.807, 2.05) is 19.1 Å². The van der Waals surface area contributed by atoms with Gasteiger partial charge in [0.1, 0.15) is 0 Å². The van der Waals surface area contributed by atoms with Crippen molar-refractivity contribution in [2.45, 2.75) is 54.5 Å². The minimum absolute atomic E-state index is 0.0550. The first-order chi connectivity index (χ1) is 16.2. The van der Waals surface area contributed by atoms with Crippen LogP contribution in [0.2, 0.25) is 0 Å². The molecule has 0 bridgehead atoms. The third-order valence-electron chi connectivity index (χ3n) is 6.46. The molecule has 1 aromatic heterocycles. The van der Waals surface area contributed by atoms with Crippen molar-refractivity contribution in [1.82, 2.24) is 14.8 Å². The lowest BCUT2D eigenvalue weighted by Crippen LogP contribution is -2.38. The molecule has 5 nitrogen and oxygen atoms in total. The van der Waals surface area contributed by atoms with E-state index in [9.17, 15) is 4.79 Å². The van der Waals surface area contributed by atoms with Gasteiger partial charge in [0.2, 0.25) is 0 Å². The molecule has 0 aliphatic carbocycles. The molecule has 6 heteroatoms. The van der Waals surface area contributed by atoms with E-state index in [0.717, 1.165) is 71.4 Å². The molecule has 0 atom stereocenters. The molecule has 0 amide bonds. The van der Waals surface area contributed by atoms with Crippen LogP contribution in [-0.4, -0.2) is 46.1 Å². The Morgan fingerprint density at radius 3 is 2.32 bits per heavy atom. The highest BCUT2D eigenvalue weighted by Crippen LogP contribution is 2.20. The second kappa shape index (κ2) is 11.6. The second-order valence-corrected chi connectivity index (χ2v) is 9.60. The number of nitrogens with one attached hydrogen (secondary N) is 2. The van der Waals surface area contributed by atoms with E-state index in [1.54, 1.807) is 0 Å². The zero-order valence-electron chi connectivity index (χ0n) is 21.4. The maximum atomic E-state index is 13.0. The smallest absolute Gasteiger partial charge is 0.253 e. The fourth-order valence-corrected chi connectivity index (χ4v) is 4.73. The first kappa shape index (κ1) is 25.9. The summed E-state index contributed by atoms with van der Waals surface area (Å²) in [7, 11) is 0. The fraction of sp³-hybridized carbons (Fsp3) is 0.429. The highest BCUT2D eigenvalue weighted by atomic mass is 32.1. The summed E-state index contributed by atoms with van der Waals surface area (Å²) in [6.45, 7) is 17.0. The number of hydrogen-bond donors (Lipinski definition) is 2. The Kier molecular flexibility index (Phi) is 8.86. The molecule has 182 valence electrons. The molecule has 0 saturated carbocycles. The lowest BCUT2D eigenvalue weighted by Gasteiger charge is -2.28. The summed E-state index contributed by atoms with van der Waals surface area (Å²) in [5, 5.41) is 5.16.